The van der Waals surface area contributed by atoms with Crippen LogP contribution in [-0.4, -0.2) is 29.3 Å². The van der Waals surface area contributed by atoms with E-state index in [-0.39, 0.29) is 18.7 Å². The zero-order chi connectivity index (χ0) is 20.9. The normalized spacial score (nSPS) is 12.5. The largest absolute Gasteiger partial charge is 0.480 e. The number of nitrogens with one attached hydrogen (secondary N) is 1. The number of carbonyl (C=O) groups excluding carboxylic acids is 2. The molecule has 0 saturated carbocycles. The van der Waals surface area contributed by atoms with Crippen molar-refractivity contribution >= 4 is 18.2 Å². The van der Waals surface area contributed by atoms with Gasteiger partial charge in [0.05, 0.1) is 0 Å². The lowest BCUT2D eigenvalue weighted by Gasteiger charge is -2.13. The van der Waals surface area contributed by atoms with E-state index in [1.807, 2.05) is 0 Å². The van der Waals surface area contributed by atoms with E-state index in [1.54, 1.807) is 0 Å². The first-order chi connectivity index (χ1) is 13.6. The molecule has 1 atom stereocenters. The molecular weight excluding hydrogens is 354 g/mol. The summed E-state index contributed by atoms with van der Waals surface area (Å²) in [7, 11) is 0. The molecule has 0 bridgehead atoms. The van der Waals surface area contributed by atoms with E-state index in [2.05, 4.69) is 36.5 Å². The van der Waals surface area contributed by atoms with E-state index < -0.39 is 12.0 Å². The average molecular weight is 394 g/mol. The average Bonchev–Trinajstić information content (AvgIpc) is 2.67. The Morgan fingerprint density at radius 1 is 0.857 bits per heavy atom. The summed E-state index contributed by atoms with van der Waals surface area (Å²) in [5, 5.41) is 11.5. The molecule has 2 N–H and O–H groups in total. The number of hydrogen-bond donors (Lipinski definition) is 2. The number of carboxylic acids is 1. The van der Waals surface area contributed by atoms with Crippen molar-refractivity contribution in [3.8, 4) is 0 Å². The van der Waals surface area contributed by atoms with Crippen molar-refractivity contribution < 1.29 is 19.5 Å². The van der Waals surface area contributed by atoms with Gasteiger partial charge in [-0.25, -0.2) is 4.79 Å². The molecule has 28 heavy (non-hydrogen) atoms. The van der Waals surface area contributed by atoms with Crippen molar-refractivity contribution in [3.63, 3.8) is 0 Å². The van der Waals surface area contributed by atoms with Crippen molar-refractivity contribution in [1.29, 1.82) is 0 Å². The fraction of sp³-hybridized carbons (Fsp3) is 0.696. The number of aliphatic carboxylic acids is 1. The third kappa shape index (κ3) is 17.5. The SMILES string of the molecule is CCCCC/C=C\C/C=C\CCCCCCCC(=O)N[C@@H](CCC=O)C(=O)O. The molecule has 0 aromatic heterocycles. The van der Waals surface area contributed by atoms with Gasteiger partial charge < -0.3 is 15.2 Å². The minimum Gasteiger partial charge on any atom is -0.480 e. The lowest BCUT2D eigenvalue weighted by atomic mass is 10.1. The van der Waals surface area contributed by atoms with Crippen LogP contribution in [0.3, 0.4) is 0 Å². The summed E-state index contributed by atoms with van der Waals surface area (Å²) in [5.74, 6) is -1.33. The molecule has 0 aliphatic heterocycles. The van der Waals surface area contributed by atoms with Crippen molar-refractivity contribution in [3.05, 3.63) is 24.3 Å². The van der Waals surface area contributed by atoms with Gasteiger partial charge in [-0.3, -0.25) is 4.79 Å². The molecule has 0 unspecified atom stereocenters. The van der Waals surface area contributed by atoms with E-state index in [1.165, 1.54) is 25.7 Å². The molecule has 5 nitrogen and oxygen atoms in total. The maximum atomic E-state index is 11.8. The van der Waals surface area contributed by atoms with Gasteiger partial charge in [0.2, 0.25) is 5.91 Å². The van der Waals surface area contributed by atoms with Crippen LogP contribution in [0.15, 0.2) is 24.3 Å². The van der Waals surface area contributed by atoms with Crippen LogP contribution in [0.2, 0.25) is 0 Å². The summed E-state index contributed by atoms with van der Waals surface area (Å²) >= 11 is 0. The quantitative estimate of drug-likeness (QED) is 0.176. The second-order valence-electron chi connectivity index (χ2n) is 7.18. The smallest absolute Gasteiger partial charge is 0.326 e. The lowest BCUT2D eigenvalue weighted by Crippen LogP contribution is -2.40. The first kappa shape index (κ1) is 26.1. The number of rotatable bonds is 19. The molecule has 0 aliphatic rings. The highest BCUT2D eigenvalue weighted by atomic mass is 16.4. The Morgan fingerprint density at radius 2 is 1.46 bits per heavy atom. The molecule has 0 spiro atoms. The Labute approximate surface area is 170 Å². The fourth-order valence-corrected chi connectivity index (χ4v) is 2.86. The van der Waals surface area contributed by atoms with Gasteiger partial charge in [-0.05, 0) is 44.9 Å². The van der Waals surface area contributed by atoms with Gasteiger partial charge in [0, 0.05) is 12.8 Å². The van der Waals surface area contributed by atoms with E-state index in [9.17, 15) is 14.4 Å². The number of hydrogen-bond acceptors (Lipinski definition) is 3. The van der Waals surface area contributed by atoms with Gasteiger partial charge in [-0.1, -0.05) is 63.3 Å². The number of unbranched alkanes of at least 4 members (excludes halogenated alkanes) is 8. The molecule has 0 fully saturated rings. The van der Waals surface area contributed by atoms with Crippen molar-refractivity contribution in [2.24, 2.45) is 0 Å². The Hall–Kier alpha value is -1.91. The molecule has 1 amide bonds. The van der Waals surface area contributed by atoms with Gasteiger partial charge in [0.15, 0.2) is 0 Å². The molecule has 160 valence electrons. The predicted molar refractivity (Wildman–Crippen MR) is 114 cm³/mol. The zero-order valence-corrected chi connectivity index (χ0v) is 17.5. The highest BCUT2D eigenvalue weighted by Crippen LogP contribution is 2.08. The highest BCUT2D eigenvalue weighted by Gasteiger charge is 2.18. The molecule has 0 saturated heterocycles. The van der Waals surface area contributed by atoms with E-state index in [4.69, 9.17) is 5.11 Å². The maximum absolute atomic E-state index is 11.8. The van der Waals surface area contributed by atoms with E-state index >= 15 is 0 Å². The predicted octanol–water partition coefficient (Wildman–Crippen LogP) is 5.35. The molecule has 0 aromatic carbocycles. The summed E-state index contributed by atoms with van der Waals surface area (Å²) in [6, 6.07) is -0.962. The summed E-state index contributed by atoms with van der Waals surface area (Å²) in [4.78, 5) is 33.1. The van der Waals surface area contributed by atoms with Crippen molar-refractivity contribution in [2.45, 2.75) is 103 Å². The minimum absolute atomic E-state index is 0.140. The van der Waals surface area contributed by atoms with Gasteiger partial charge in [0.25, 0.3) is 0 Å². The molecule has 0 aromatic rings. The third-order valence-corrected chi connectivity index (χ3v) is 4.56. The number of aldehydes is 1. The topological polar surface area (TPSA) is 83.5 Å². The summed E-state index contributed by atoms with van der Waals surface area (Å²) in [5.41, 5.74) is 0. The molecule has 5 heteroatoms. The molecule has 0 heterocycles. The van der Waals surface area contributed by atoms with Crippen LogP contribution in [0.5, 0.6) is 0 Å². The van der Waals surface area contributed by atoms with E-state index in [0.29, 0.717) is 12.7 Å². The van der Waals surface area contributed by atoms with Crippen LogP contribution in [0.1, 0.15) is 96.8 Å². The van der Waals surface area contributed by atoms with Crippen molar-refractivity contribution in [1.82, 2.24) is 5.32 Å². The zero-order valence-electron chi connectivity index (χ0n) is 17.5. The molecular formula is C23H39NO4. The first-order valence-corrected chi connectivity index (χ1v) is 10.9. The Kier molecular flexibility index (Phi) is 18.5. The number of allylic oxidation sites excluding steroid dienone is 4. The summed E-state index contributed by atoms with van der Waals surface area (Å²) in [6.07, 6.45) is 22.6. The molecule has 0 aliphatic carbocycles. The fourth-order valence-electron chi connectivity index (χ4n) is 2.86. The first-order valence-electron chi connectivity index (χ1n) is 10.9. The second-order valence-corrected chi connectivity index (χ2v) is 7.18. The monoisotopic (exact) mass is 393 g/mol. The van der Waals surface area contributed by atoms with E-state index in [0.717, 1.165) is 44.9 Å². The van der Waals surface area contributed by atoms with Crippen LogP contribution in [-0.2, 0) is 14.4 Å². The summed E-state index contributed by atoms with van der Waals surface area (Å²) in [6.45, 7) is 2.22. The standard InChI is InChI=1S/C23H39NO4/c1-2-3-4-5-6-7-8-9-10-11-12-13-14-15-16-19-22(26)24-21(23(27)28)18-17-20-25/h6-7,9-10,20-21H,2-5,8,11-19H2,1H3,(H,24,26)(H,27,28)/b7-6-,10-9-/t21-/m0/s1. The van der Waals surface area contributed by atoms with Crippen LogP contribution in [0.4, 0.5) is 0 Å². The van der Waals surface area contributed by atoms with Gasteiger partial charge in [-0.15, -0.1) is 0 Å². The Morgan fingerprint density at radius 3 is 2.07 bits per heavy atom. The minimum atomic E-state index is -1.09. The Balaban J connectivity index is 3.55. The van der Waals surface area contributed by atoms with Gasteiger partial charge in [0.1, 0.15) is 12.3 Å². The molecule has 0 radical (unpaired) electrons. The van der Waals surface area contributed by atoms with Crippen LogP contribution in [0.25, 0.3) is 0 Å². The molecule has 0 rings (SSSR count). The van der Waals surface area contributed by atoms with Crippen molar-refractivity contribution in [2.75, 3.05) is 0 Å². The Bertz CT molecular complexity index is 471. The second kappa shape index (κ2) is 19.8. The third-order valence-electron chi connectivity index (χ3n) is 4.56. The lowest BCUT2D eigenvalue weighted by molar-refractivity contribution is -0.142. The van der Waals surface area contributed by atoms with Crippen LogP contribution < -0.4 is 5.32 Å². The van der Waals surface area contributed by atoms with Gasteiger partial charge >= 0.3 is 5.97 Å². The van der Waals surface area contributed by atoms with Crippen LogP contribution in [0, 0.1) is 0 Å². The highest BCUT2D eigenvalue weighted by molar-refractivity contribution is 5.83. The van der Waals surface area contributed by atoms with Crippen LogP contribution >= 0.6 is 0 Å². The maximum Gasteiger partial charge on any atom is 0.326 e. The number of amides is 1. The number of carbonyl (C=O) groups is 3. The number of carboxylic acid groups (broad SMARTS) is 1. The summed E-state index contributed by atoms with van der Waals surface area (Å²) < 4.78 is 0. The van der Waals surface area contributed by atoms with Gasteiger partial charge in [-0.2, -0.15) is 0 Å².